The molecule has 0 saturated carbocycles. The number of ether oxygens (including phenoxy) is 2. The number of rotatable bonds is 4. The standard InChI is InChI=1S/C19H19N3O4/c1-11-9-15-17(19(24)22(11)7-8-23)16(14(10-20)18(21)26-15)12-3-5-13(25-2)6-4-12/h3-6,9,16,23H,7-8,21H2,1-2H3/t16-/m1/s1. The summed E-state index contributed by atoms with van der Waals surface area (Å²) in [6.45, 7) is 1.74. The summed E-state index contributed by atoms with van der Waals surface area (Å²) >= 11 is 0. The van der Waals surface area contributed by atoms with Gasteiger partial charge in [-0.25, -0.2) is 0 Å². The van der Waals surface area contributed by atoms with Gasteiger partial charge in [0.15, 0.2) is 0 Å². The van der Waals surface area contributed by atoms with Crippen LogP contribution in [0.2, 0.25) is 0 Å². The molecule has 1 aromatic carbocycles. The molecule has 0 unspecified atom stereocenters. The quantitative estimate of drug-likeness (QED) is 0.859. The molecule has 1 aromatic heterocycles. The lowest BCUT2D eigenvalue weighted by Crippen LogP contribution is -2.33. The molecule has 2 aromatic rings. The maximum absolute atomic E-state index is 13.1. The molecule has 3 N–H and O–H groups in total. The van der Waals surface area contributed by atoms with Crippen LogP contribution in [-0.2, 0) is 6.54 Å². The summed E-state index contributed by atoms with van der Waals surface area (Å²) in [7, 11) is 1.56. The number of pyridine rings is 1. The summed E-state index contributed by atoms with van der Waals surface area (Å²) < 4.78 is 12.2. The second-order valence-electron chi connectivity index (χ2n) is 5.94. The van der Waals surface area contributed by atoms with Crippen LogP contribution in [0, 0.1) is 18.3 Å². The SMILES string of the molecule is COc1ccc([C@@H]2C(C#N)=C(N)Oc3cc(C)n(CCO)c(=O)c32)cc1. The van der Waals surface area contributed by atoms with E-state index < -0.39 is 5.92 Å². The van der Waals surface area contributed by atoms with E-state index in [1.54, 1.807) is 44.4 Å². The van der Waals surface area contributed by atoms with Gasteiger partial charge in [0.1, 0.15) is 23.1 Å². The highest BCUT2D eigenvalue weighted by Gasteiger charge is 2.34. The minimum atomic E-state index is -0.646. The predicted molar refractivity (Wildman–Crippen MR) is 94.8 cm³/mol. The highest BCUT2D eigenvalue weighted by atomic mass is 16.5. The monoisotopic (exact) mass is 353 g/mol. The number of allylic oxidation sites excluding steroid dienone is 1. The van der Waals surface area contributed by atoms with Gasteiger partial charge in [0, 0.05) is 18.3 Å². The first kappa shape index (κ1) is 17.6. The first-order valence-corrected chi connectivity index (χ1v) is 8.08. The molecule has 0 aliphatic carbocycles. The summed E-state index contributed by atoms with van der Waals surface area (Å²) in [4.78, 5) is 13.1. The molecular weight excluding hydrogens is 334 g/mol. The summed E-state index contributed by atoms with van der Waals surface area (Å²) in [5, 5.41) is 18.9. The second-order valence-corrected chi connectivity index (χ2v) is 5.94. The van der Waals surface area contributed by atoms with Crippen molar-refractivity contribution in [2.75, 3.05) is 13.7 Å². The van der Waals surface area contributed by atoms with E-state index >= 15 is 0 Å². The van der Waals surface area contributed by atoms with E-state index in [-0.39, 0.29) is 30.2 Å². The van der Waals surface area contributed by atoms with E-state index in [4.69, 9.17) is 15.2 Å². The smallest absolute Gasteiger partial charge is 0.258 e. The molecule has 1 aliphatic heterocycles. The van der Waals surface area contributed by atoms with Crippen LogP contribution in [0.25, 0.3) is 0 Å². The normalized spacial score (nSPS) is 15.8. The molecule has 1 atom stereocenters. The Morgan fingerprint density at radius 3 is 2.65 bits per heavy atom. The average Bonchev–Trinajstić information content (AvgIpc) is 2.64. The fraction of sp³-hybridized carbons (Fsp3) is 0.263. The molecule has 3 rings (SSSR count). The number of aromatic nitrogens is 1. The summed E-state index contributed by atoms with van der Waals surface area (Å²) in [6, 6.07) is 10.9. The molecule has 0 amide bonds. The molecule has 7 nitrogen and oxygen atoms in total. The van der Waals surface area contributed by atoms with Crippen LogP contribution < -0.4 is 20.8 Å². The molecule has 7 heteroatoms. The van der Waals surface area contributed by atoms with E-state index in [1.807, 2.05) is 0 Å². The van der Waals surface area contributed by atoms with Crippen molar-refractivity contribution in [1.29, 1.82) is 5.26 Å². The number of nitrogens with zero attached hydrogens (tertiary/aromatic N) is 2. The fourth-order valence-corrected chi connectivity index (χ4v) is 3.19. The molecule has 2 heterocycles. The zero-order valence-corrected chi connectivity index (χ0v) is 14.5. The zero-order valence-electron chi connectivity index (χ0n) is 14.5. The maximum atomic E-state index is 13.1. The largest absolute Gasteiger partial charge is 0.497 e. The molecule has 0 bridgehead atoms. The lowest BCUT2D eigenvalue weighted by atomic mass is 9.84. The minimum Gasteiger partial charge on any atom is -0.497 e. The minimum absolute atomic E-state index is 0.0143. The molecule has 0 radical (unpaired) electrons. The lowest BCUT2D eigenvalue weighted by molar-refractivity contribution is 0.272. The van der Waals surface area contributed by atoms with Gasteiger partial charge < -0.3 is 24.9 Å². The summed E-state index contributed by atoms with van der Waals surface area (Å²) in [5.74, 6) is 0.337. The van der Waals surface area contributed by atoms with Crippen molar-refractivity contribution in [2.24, 2.45) is 5.73 Å². The molecule has 1 aliphatic rings. The highest BCUT2D eigenvalue weighted by molar-refractivity contribution is 5.55. The topological polar surface area (TPSA) is 110 Å². The van der Waals surface area contributed by atoms with Crippen LogP contribution in [0.4, 0.5) is 0 Å². The van der Waals surface area contributed by atoms with Crippen LogP contribution in [-0.4, -0.2) is 23.4 Å². The third-order valence-electron chi connectivity index (χ3n) is 4.46. The number of nitrogens with two attached hydrogens (primary N) is 1. The van der Waals surface area contributed by atoms with Gasteiger partial charge in [-0.1, -0.05) is 12.1 Å². The number of hydrogen-bond donors (Lipinski definition) is 2. The van der Waals surface area contributed by atoms with Crippen molar-refractivity contribution < 1.29 is 14.6 Å². The molecule has 0 fully saturated rings. The Morgan fingerprint density at radius 2 is 2.08 bits per heavy atom. The molecule has 26 heavy (non-hydrogen) atoms. The number of benzene rings is 1. The van der Waals surface area contributed by atoms with E-state index in [9.17, 15) is 15.2 Å². The first-order valence-electron chi connectivity index (χ1n) is 8.08. The molecule has 0 spiro atoms. The molecule has 134 valence electrons. The van der Waals surface area contributed by atoms with Gasteiger partial charge in [0.05, 0.1) is 25.2 Å². The van der Waals surface area contributed by atoms with Crippen molar-refractivity contribution in [3.8, 4) is 17.6 Å². The van der Waals surface area contributed by atoms with Crippen molar-refractivity contribution in [2.45, 2.75) is 19.4 Å². The van der Waals surface area contributed by atoms with Crippen LogP contribution in [0.5, 0.6) is 11.5 Å². The second kappa shape index (κ2) is 6.94. The first-order chi connectivity index (χ1) is 12.5. The van der Waals surface area contributed by atoms with Gasteiger partial charge in [-0.3, -0.25) is 4.79 Å². The average molecular weight is 353 g/mol. The van der Waals surface area contributed by atoms with Crippen LogP contribution in [0.15, 0.2) is 46.6 Å². The van der Waals surface area contributed by atoms with Crippen LogP contribution in [0.1, 0.15) is 22.7 Å². The van der Waals surface area contributed by atoms with Gasteiger partial charge in [-0.2, -0.15) is 5.26 Å². The van der Waals surface area contributed by atoms with E-state index in [2.05, 4.69) is 6.07 Å². The maximum Gasteiger partial charge on any atom is 0.258 e. The molecule has 0 saturated heterocycles. The third kappa shape index (κ3) is 2.80. The summed E-state index contributed by atoms with van der Waals surface area (Å²) in [6.07, 6.45) is 0. The van der Waals surface area contributed by atoms with Gasteiger partial charge in [-0.05, 0) is 24.6 Å². The Kier molecular flexibility index (Phi) is 4.69. The Balaban J connectivity index is 2.27. The number of aliphatic hydroxyl groups is 1. The van der Waals surface area contributed by atoms with Crippen molar-refractivity contribution in [3.63, 3.8) is 0 Å². The van der Waals surface area contributed by atoms with Gasteiger partial charge >= 0.3 is 0 Å². The Hall–Kier alpha value is -3.24. The highest BCUT2D eigenvalue weighted by Crippen LogP contribution is 2.40. The number of fused-ring (bicyclic) bond motifs is 1. The van der Waals surface area contributed by atoms with Gasteiger partial charge in [0.25, 0.3) is 5.56 Å². The molecular formula is C19H19N3O4. The van der Waals surface area contributed by atoms with E-state index in [1.165, 1.54) is 4.57 Å². The van der Waals surface area contributed by atoms with Crippen molar-refractivity contribution >= 4 is 0 Å². The fourth-order valence-electron chi connectivity index (χ4n) is 3.19. The number of hydrogen-bond acceptors (Lipinski definition) is 6. The van der Waals surface area contributed by atoms with Crippen LogP contribution >= 0.6 is 0 Å². The predicted octanol–water partition coefficient (Wildman–Crippen LogP) is 1.38. The number of aryl methyl sites for hydroxylation is 1. The van der Waals surface area contributed by atoms with Crippen LogP contribution in [0.3, 0.4) is 0 Å². The Morgan fingerprint density at radius 1 is 1.38 bits per heavy atom. The Labute approximate surface area is 150 Å². The number of aliphatic hydroxyl groups excluding tert-OH is 1. The third-order valence-corrected chi connectivity index (χ3v) is 4.46. The Bertz CT molecular complexity index is 968. The summed E-state index contributed by atoms with van der Waals surface area (Å²) in [5.41, 5.74) is 7.52. The zero-order chi connectivity index (χ0) is 18.8. The van der Waals surface area contributed by atoms with E-state index in [0.29, 0.717) is 22.8 Å². The van der Waals surface area contributed by atoms with Gasteiger partial charge in [-0.15, -0.1) is 0 Å². The lowest BCUT2D eigenvalue weighted by Gasteiger charge is -2.27. The van der Waals surface area contributed by atoms with Gasteiger partial charge in [0.2, 0.25) is 5.88 Å². The van der Waals surface area contributed by atoms with Crippen molar-refractivity contribution in [3.05, 3.63) is 69.0 Å². The number of methoxy groups -OCH3 is 1. The van der Waals surface area contributed by atoms with Crippen molar-refractivity contribution in [1.82, 2.24) is 4.57 Å². The number of nitriles is 1. The van der Waals surface area contributed by atoms with E-state index in [0.717, 1.165) is 5.56 Å².